The summed E-state index contributed by atoms with van der Waals surface area (Å²) in [4.78, 5) is 29.2. The Kier molecular flexibility index (Phi) is 6.38. The summed E-state index contributed by atoms with van der Waals surface area (Å²) in [5.74, 6) is -0.684. The van der Waals surface area contributed by atoms with E-state index < -0.39 is 10.7 Å². The molecule has 0 aromatic heterocycles. The van der Waals surface area contributed by atoms with Crippen LogP contribution in [0.15, 0.2) is 40.9 Å². The number of carbonyl (C=O) groups excluding carboxylic acids is 1. The van der Waals surface area contributed by atoms with Crippen LogP contribution in [-0.4, -0.2) is 68.2 Å². The van der Waals surface area contributed by atoms with Crippen LogP contribution in [0.2, 0.25) is 0 Å². The molecule has 2 aromatic rings. The van der Waals surface area contributed by atoms with Gasteiger partial charge in [-0.05, 0) is 30.3 Å². The predicted octanol–water partition coefficient (Wildman–Crippen LogP) is 3.30. The lowest BCUT2D eigenvalue weighted by molar-refractivity contribution is -0.384. The number of amides is 1. The molecular formula is C21H22BrFN4O4. The average Bonchev–Trinajstić information content (AvgIpc) is 2.79. The normalized spacial score (nSPS) is 17.0. The molecule has 0 bridgehead atoms. The molecule has 0 saturated carbocycles. The molecule has 2 aromatic carbocycles. The summed E-state index contributed by atoms with van der Waals surface area (Å²) >= 11 is 3.36. The molecule has 0 aliphatic carbocycles. The lowest BCUT2D eigenvalue weighted by atomic mass is 10.1. The van der Waals surface area contributed by atoms with Gasteiger partial charge in [-0.3, -0.25) is 14.9 Å². The van der Waals surface area contributed by atoms with E-state index in [4.69, 9.17) is 4.74 Å². The first-order valence-corrected chi connectivity index (χ1v) is 10.8. The van der Waals surface area contributed by atoms with Gasteiger partial charge in [0.05, 0.1) is 29.9 Å². The van der Waals surface area contributed by atoms with Gasteiger partial charge >= 0.3 is 0 Å². The molecule has 10 heteroatoms. The summed E-state index contributed by atoms with van der Waals surface area (Å²) in [6, 6.07) is 9.72. The van der Waals surface area contributed by atoms with Gasteiger partial charge < -0.3 is 19.4 Å². The van der Waals surface area contributed by atoms with Gasteiger partial charge in [0.2, 0.25) is 0 Å². The molecule has 0 radical (unpaired) electrons. The van der Waals surface area contributed by atoms with Crippen molar-refractivity contribution in [2.75, 3.05) is 62.3 Å². The van der Waals surface area contributed by atoms with Crippen LogP contribution in [0.25, 0.3) is 0 Å². The molecule has 2 saturated heterocycles. The molecule has 0 atom stereocenters. The van der Waals surface area contributed by atoms with Gasteiger partial charge in [0.1, 0.15) is 5.69 Å². The third-order valence-corrected chi connectivity index (χ3v) is 6.12. The second-order valence-corrected chi connectivity index (χ2v) is 8.35. The molecule has 164 valence electrons. The number of nitro groups is 1. The number of rotatable bonds is 4. The zero-order valence-electron chi connectivity index (χ0n) is 16.8. The molecule has 0 spiro atoms. The number of halogens is 2. The van der Waals surface area contributed by atoms with Gasteiger partial charge in [0, 0.05) is 49.3 Å². The molecule has 2 aliphatic heterocycles. The van der Waals surface area contributed by atoms with Crippen molar-refractivity contribution >= 4 is 38.9 Å². The van der Waals surface area contributed by atoms with E-state index in [1.165, 1.54) is 0 Å². The van der Waals surface area contributed by atoms with Crippen LogP contribution in [-0.2, 0) is 4.74 Å². The number of morpholine rings is 1. The van der Waals surface area contributed by atoms with Crippen molar-refractivity contribution in [2.24, 2.45) is 0 Å². The van der Waals surface area contributed by atoms with Gasteiger partial charge in [0.25, 0.3) is 11.6 Å². The molecule has 0 N–H and O–H groups in total. The zero-order chi connectivity index (χ0) is 22.0. The molecular weight excluding hydrogens is 471 g/mol. The number of carbonyl (C=O) groups is 1. The summed E-state index contributed by atoms with van der Waals surface area (Å²) in [5, 5.41) is 11.6. The van der Waals surface area contributed by atoms with Gasteiger partial charge in [0.15, 0.2) is 5.82 Å². The van der Waals surface area contributed by atoms with Crippen LogP contribution in [0.5, 0.6) is 0 Å². The van der Waals surface area contributed by atoms with Crippen molar-refractivity contribution in [3.8, 4) is 0 Å². The van der Waals surface area contributed by atoms with E-state index in [9.17, 15) is 19.3 Å². The number of ether oxygens (including phenoxy) is 1. The van der Waals surface area contributed by atoms with Crippen molar-refractivity contribution < 1.29 is 18.8 Å². The predicted molar refractivity (Wildman–Crippen MR) is 118 cm³/mol. The largest absolute Gasteiger partial charge is 0.378 e. The Morgan fingerprint density at radius 3 is 2.19 bits per heavy atom. The first kappa shape index (κ1) is 21.5. The lowest BCUT2D eigenvalue weighted by Crippen LogP contribution is -2.49. The third kappa shape index (κ3) is 4.64. The molecule has 2 fully saturated rings. The highest BCUT2D eigenvalue weighted by Crippen LogP contribution is 2.36. The number of hydrogen-bond acceptors (Lipinski definition) is 6. The third-order valence-electron chi connectivity index (χ3n) is 5.59. The minimum atomic E-state index is -0.610. The first-order chi connectivity index (χ1) is 14.9. The van der Waals surface area contributed by atoms with Gasteiger partial charge in [-0.25, -0.2) is 4.39 Å². The van der Waals surface area contributed by atoms with E-state index in [1.54, 1.807) is 23.1 Å². The minimum Gasteiger partial charge on any atom is -0.378 e. The number of anilines is 2. The molecule has 8 nitrogen and oxygen atoms in total. The minimum absolute atomic E-state index is 0.0743. The Balaban J connectivity index is 1.53. The molecule has 31 heavy (non-hydrogen) atoms. The Morgan fingerprint density at radius 1 is 0.968 bits per heavy atom. The van der Waals surface area contributed by atoms with Crippen LogP contribution < -0.4 is 9.80 Å². The van der Waals surface area contributed by atoms with E-state index in [0.29, 0.717) is 69.4 Å². The molecule has 0 unspecified atom stereocenters. The van der Waals surface area contributed by atoms with Crippen molar-refractivity contribution in [3.63, 3.8) is 0 Å². The van der Waals surface area contributed by atoms with E-state index in [0.717, 1.165) is 10.5 Å². The molecule has 4 rings (SSSR count). The Bertz CT molecular complexity index is 974. The number of nitrogens with zero attached hydrogens (tertiary/aromatic N) is 4. The van der Waals surface area contributed by atoms with Gasteiger partial charge in [-0.15, -0.1) is 0 Å². The maximum absolute atomic E-state index is 14.7. The van der Waals surface area contributed by atoms with Crippen molar-refractivity contribution in [3.05, 3.63) is 62.4 Å². The average molecular weight is 493 g/mol. The van der Waals surface area contributed by atoms with Crippen molar-refractivity contribution in [1.82, 2.24) is 4.90 Å². The number of piperazine rings is 1. The maximum atomic E-state index is 14.7. The van der Waals surface area contributed by atoms with Crippen molar-refractivity contribution in [2.45, 2.75) is 0 Å². The Hall–Kier alpha value is -2.72. The topological polar surface area (TPSA) is 79.2 Å². The highest BCUT2D eigenvalue weighted by Gasteiger charge is 2.29. The quantitative estimate of drug-likeness (QED) is 0.481. The fourth-order valence-corrected chi connectivity index (χ4v) is 4.18. The second kappa shape index (κ2) is 9.19. The van der Waals surface area contributed by atoms with Gasteiger partial charge in [-0.1, -0.05) is 15.9 Å². The van der Waals surface area contributed by atoms with Crippen LogP contribution in [0.3, 0.4) is 0 Å². The second-order valence-electron chi connectivity index (χ2n) is 7.44. The summed E-state index contributed by atoms with van der Waals surface area (Å²) in [6.07, 6.45) is 0. The Morgan fingerprint density at radius 2 is 1.58 bits per heavy atom. The lowest BCUT2D eigenvalue weighted by Gasteiger charge is -2.36. The summed E-state index contributed by atoms with van der Waals surface area (Å²) in [5.41, 5.74) is 1.06. The number of nitro benzene ring substituents is 1. The highest BCUT2D eigenvalue weighted by molar-refractivity contribution is 9.10. The highest BCUT2D eigenvalue weighted by atomic mass is 79.9. The van der Waals surface area contributed by atoms with Crippen LogP contribution in [0.1, 0.15) is 10.4 Å². The maximum Gasteiger partial charge on any atom is 0.295 e. The SMILES string of the molecule is O=C(c1ccc(Br)cc1)N1CCN(c2cc(N3CCOCC3)c(F)cc2[N+](=O)[O-])CC1. The van der Waals surface area contributed by atoms with Crippen LogP contribution in [0.4, 0.5) is 21.5 Å². The Labute approximate surface area is 187 Å². The van der Waals surface area contributed by atoms with Crippen LogP contribution >= 0.6 is 15.9 Å². The zero-order valence-corrected chi connectivity index (χ0v) is 18.4. The van der Waals surface area contributed by atoms with E-state index >= 15 is 0 Å². The standard InChI is InChI=1S/C21H22BrFN4O4/c22-16-3-1-15(2-4-16)21(28)26-7-5-24(6-8-26)19-14-18(25-9-11-31-12-10-25)17(23)13-20(19)27(29)30/h1-4,13-14H,5-12H2. The summed E-state index contributed by atoms with van der Waals surface area (Å²) < 4.78 is 20.9. The van der Waals surface area contributed by atoms with E-state index in [-0.39, 0.29) is 11.6 Å². The smallest absolute Gasteiger partial charge is 0.295 e. The van der Waals surface area contributed by atoms with Gasteiger partial charge in [-0.2, -0.15) is 0 Å². The summed E-state index contributed by atoms with van der Waals surface area (Å²) in [6.45, 7) is 3.75. The first-order valence-electron chi connectivity index (χ1n) is 10.0. The fourth-order valence-electron chi connectivity index (χ4n) is 3.91. The fraction of sp³-hybridized carbons (Fsp3) is 0.381. The number of hydrogen-bond donors (Lipinski definition) is 0. The van der Waals surface area contributed by atoms with E-state index in [1.807, 2.05) is 21.9 Å². The molecule has 1 amide bonds. The van der Waals surface area contributed by atoms with Crippen molar-refractivity contribution in [1.29, 1.82) is 0 Å². The monoisotopic (exact) mass is 492 g/mol. The summed E-state index contributed by atoms with van der Waals surface area (Å²) in [7, 11) is 0. The van der Waals surface area contributed by atoms with E-state index in [2.05, 4.69) is 15.9 Å². The molecule has 2 heterocycles. The number of benzene rings is 2. The van der Waals surface area contributed by atoms with Crippen LogP contribution in [0, 0.1) is 15.9 Å². The molecule has 2 aliphatic rings.